The first-order valence-electron chi connectivity index (χ1n) is 8.08. The first kappa shape index (κ1) is 17.0. The highest BCUT2D eigenvalue weighted by Crippen LogP contribution is 2.25. The van der Waals surface area contributed by atoms with Gasteiger partial charge in [0.1, 0.15) is 6.04 Å². The maximum Gasteiger partial charge on any atom is 0.242 e. The van der Waals surface area contributed by atoms with Crippen molar-refractivity contribution < 1.29 is 14.3 Å². The number of halogens is 1. The van der Waals surface area contributed by atoms with Crippen molar-refractivity contribution in [3.8, 4) is 0 Å². The molecule has 1 N–H and O–H groups in total. The highest BCUT2D eigenvalue weighted by atomic mass is 35.5. The fourth-order valence-electron chi connectivity index (χ4n) is 3.45. The molecule has 2 heterocycles. The molecular formula is C15H27ClN2O3. The predicted molar refractivity (Wildman–Crippen MR) is 82.8 cm³/mol. The average molecular weight is 319 g/mol. The van der Waals surface area contributed by atoms with Gasteiger partial charge in [0.15, 0.2) is 0 Å². The second-order valence-electron chi connectivity index (χ2n) is 6.15. The van der Waals surface area contributed by atoms with Gasteiger partial charge in [0.2, 0.25) is 5.91 Å². The van der Waals surface area contributed by atoms with E-state index in [9.17, 15) is 4.79 Å². The number of nitrogens with one attached hydrogen (secondary N) is 1. The van der Waals surface area contributed by atoms with Crippen LogP contribution in [0.4, 0.5) is 0 Å². The molecule has 0 bridgehead atoms. The second-order valence-corrected chi connectivity index (χ2v) is 6.15. The molecule has 0 radical (unpaired) electrons. The summed E-state index contributed by atoms with van der Waals surface area (Å²) in [5, 5.41) is 3.24. The maximum absolute atomic E-state index is 12.3. The van der Waals surface area contributed by atoms with E-state index in [0.29, 0.717) is 25.4 Å². The topological polar surface area (TPSA) is 50.8 Å². The van der Waals surface area contributed by atoms with E-state index in [1.165, 1.54) is 25.7 Å². The Hall–Kier alpha value is -0.360. The molecule has 3 rings (SSSR count). The minimum absolute atomic E-state index is 0. The maximum atomic E-state index is 12.3. The van der Waals surface area contributed by atoms with Crippen LogP contribution in [0.1, 0.15) is 38.5 Å². The number of rotatable bonds is 3. The van der Waals surface area contributed by atoms with Gasteiger partial charge in [-0.25, -0.2) is 0 Å². The summed E-state index contributed by atoms with van der Waals surface area (Å²) in [5.41, 5.74) is 0. The number of hydrogen-bond acceptors (Lipinski definition) is 4. The minimum Gasteiger partial charge on any atom is -0.378 e. The first-order valence-corrected chi connectivity index (χ1v) is 8.08. The number of morpholine rings is 1. The molecule has 21 heavy (non-hydrogen) atoms. The van der Waals surface area contributed by atoms with Crippen molar-refractivity contribution in [2.45, 2.75) is 56.8 Å². The molecule has 122 valence electrons. The monoisotopic (exact) mass is 318 g/mol. The van der Waals surface area contributed by atoms with Crippen LogP contribution in [0, 0.1) is 0 Å². The number of piperidine rings is 1. The van der Waals surface area contributed by atoms with E-state index in [2.05, 4.69) is 5.32 Å². The van der Waals surface area contributed by atoms with Crippen LogP contribution in [0.3, 0.4) is 0 Å². The van der Waals surface area contributed by atoms with E-state index in [1.807, 2.05) is 4.90 Å². The van der Waals surface area contributed by atoms with Crippen LogP contribution < -0.4 is 5.32 Å². The zero-order chi connectivity index (χ0) is 13.8. The SMILES string of the molecule is Cl.O=C(C1COCCN1)N1CCC(OC2CCCC2)CC1. The molecule has 0 spiro atoms. The minimum atomic E-state index is -0.143. The molecule has 6 heteroatoms. The van der Waals surface area contributed by atoms with Crippen molar-refractivity contribution >= 4 is 18.3 Å². The molecule has 3 aliphatic rings. The highest BCUT2D eigenvalue weighted by Gasteiger charge is 2.30. The largest absolute Gasteiger partial charge is 0.378 e. The van der Waals surface area contributed by atoms with Crippen LogP contribution in [-0.4, -0.2) is 61.9 Å². The Kier molecular flexibility index (Phi) is 6.74. The van der Waals surface area contributed by atoms with Crippen LogP contribution in [0.2, 0.25) is 0 Å². The lowest BCUT2D eigenvalue weighted by Gasteiger charge is -2.36. The van der Waals surface area contributed by atoms with Gasteiger partial charge >= 0.3 is 0 Å². The fraction of sp³-hybridized carbons (Fsp3) is 0.933. The third kappa shape index (κ3) is 4.55. The quantitative estimate of drug-likeness (QED) is 0.853. The number of ether oxygens (including phenoxy) is 2. The number of amides is 1. The van der Waals surface area contributed by atoms with Crippen LogP contribution >= 0.6 is 12.4 Å². The van der Waals surface area contributed by atoms with Crippen LogP contribution in [0.15, 0.2) is 0 Å². The van der Waals surface area contributed by atoms with Gasteiger partial charge in [-0.15, -0.1) is 12.4 Å². The molecule has 1 amide bonds. The molecule has 1 aliphatic carbocycles. The summed E-state index contributed by atoms with van der Waals surface area (Å²) in [6, 6.07) is -0.143. The van der Waals surface area contributed by atoms with Gasteiger partial charge in [-0.05, 0) is 25.7 Å². The summed E-state index contributed by atoms with van der Waals surface area (Å²) in [4.78, 5) is 14.3. The van der Waals surface area contributed by atoms with Gasteiger partial charge in [0.05, 0.1) is 25.4 Å². The van der Waals surface area contributed by atoms with Gasteiger partial charge in [-0.3, -0.25) is 4.79 Å². The molecule has 5 nitrogen and oxygen atoms in total. The molecule has 0 aromatic heterocycles. The van der Waals surface area contributed by atoms with Gasteiger partial charge in [-0.2, -0.15) is 0 Å². The molecule has 3 fully saturated rings. The molecule has 0 aromatic carbocycles. The van der Waals surface area contributed by atoms with Gasteiger partial charge in [-0.1, -0.05) is 12.8 Å². The van der Waals surface area contributed by atoms with E-state index in [1.54, 1.807) is 0 Å². The summed E-state index contributed by atoms with van der Waals surface area (Å²) >= 11 is 0. The van der Waals surface area contributed by atoms with Crippen molar-refractivity contribution in [3.05, 3.63) is 0 Å². The van der Waals surface area contributed by atoms with Crippen LogP contribution in [-0.2, 0) is 14.3 Å². The number of hydrogen-bond donors (Lipinski definition) is 1. The molecule has 1 atom stereocenters. The standard InChI is InChI=1S/C15H26N2O3.ClH/c18-15(14-11-19-10-7-16-14)17-8-5-13(6-9-17)20-12-3-1-2-4-12;/h12-14,16H,1-11H2;1H. The Morgan fingerprint density at radius 2 is 1.76 bits per heavy atom. The fourth-order valence-corrected chi connectivity index (χ4v) is 3.45. The van der Waals surface area contributed by atoms with Gasteiger partial charge in [0, 0.05) is 19.6 Å². The van der Waals surface area contributed by atoms with Crippen molar-refractivity contribution in [2.24, 2.45) is 0 Å². The molecule has 1 unspecified atom stereocenters. The Bertz CT molecular complexity index is 323. The summed E-state index contributed by atoms with van der Waals surface area (Å²) in [7, 11) is 0. The number of nitrogens with zero attached hydrogens (tertiary/aromatic N) is 1. The molecule has 2 aliphatic heterocycles. The third-order valence-electron chi connectivity index (χ3n) is 4.66. The Labute approximate surface area is 133 Å². The van der Waals surface area contributed by atoms with Crippen molar-refractivity contribution in [1.82, 2.24) is 10.2 Å². The first-order chi connectivity index (χ1) is 9.83. The van der Waals surface area contributed by atoms with E-state index in [-0.39, 0.29) is 24.4 Å². The molecule has 1 saturated carbocycles. The highest BCUT2D eigenvalue weighted by molar-refractivity contribution is 5.85. The lowest BCUT2D eigenvalue weighted by molar-refractivity contribution is -0.139. The number of likely N-dealkylation sites (tertiary alicyclic amines) is 1. The van der Waals surface area contributed by atoms with E-state index >= 15 is 0 Å². The van der Waals surface area contributed by atoms with Gasteiger partial charge < -0.3 is 19.7 Å². The van der Waals surface area contributed by atoms with Crippen LogP contribution in [0.5, 0.6) is 0 Å². The zero-order valence-corrected chi connectivity index (χ0v) is 13.4. The zero-order valence-electron chi connectivity index (χ0n) is 12.6. The van der Waals surface area contributed by atoms with E-state index in [4.69, 9.17) is 9.47 Å². The Morgan fingerprint density at radius 3 is 2.38 bits per heavy atom. The average Bonchev–Trinajstić information content (AvgIpc) is 3.01. The Balaban J connectivity index is 0.00000161. The summed E-state index contributed by atoms with van der Waals surface area (Å²) < 4.78 is 11.5. The Morgan fingerprint density at radius 1 is 1.10 bits per heavy atom. The summed E-state index contributed by atoms with van der Waals surface area (Å²) in [5.74, 6) is 0.198. The normalized spacial score (nSPS) is 28.4. The smallest absolute Gasteiger partial charge is 0.242 e. The second kappa shape index (κ2) is 8.32. The van der Waals surface area contributed by atoms with Gasteiger partial charge in [0.25, 0.3) is 0 Å². The third-order valence-corrected chi connectivity index (χ3v) is 4.66. The summed E-state index contributed by atoms with van der Waals surface area (Å²) in [6.45, 7) is 3.65. The lowest BCUT2D eigenvalue weighted by Crippen LogP contribution is -2.54. The molecular weight excluding hydrogens is 292 g/mol. The van der Waals surface area contributed by atoms with E-state index < -0.39 is 0 Å². The van der Waals surface area contributed by atoms with Crippen molar-refractivity contribution in [3.63, 3.8) is 0 Å². The van der Waals surface area contributed by atoms with Crippen LogP contribution in [0.25, 0.3) is 0 Å². The lowest BCUT2D eigenvalue weighted by atomic mass is 10.1. The predicted octanol–water partition coefficient (Wildman–Crippen LogP) is 1.35. The number of carbonyl (C=O) groups is 1. The molecule has 0 aromatic rings. The van der Waals surface area contributed by atoms with Crippen molar-refractivity contribution in [1.29, 1.82) is 0 Å². The number of carbonyl (C=O) groups excluding carboxylic acids is 1. The van der Waals surface area contributed by atoms with E-state index in [0.717, 1.165) is 32.5 Å². The van der Waals surface area contributed by atoms with Crippen molar-refractivity contribution in [2.75, 3.05) is 32.8 Å². The summed E-state index contributed by atoms with van der Waals surface area (Å²) in [6.07, 6.45) is 7.88. The molecule has 2 saturated heterocycles.